The van der Waals surface area contributed by atoms with Crippen molar-refractivity contribution in [2.75, 3.05) is 10.6 Å². The van der Waals surface area contributed by atoms with Crippen LogP contribution in [0, 0.1) is 33.5 Å². The average Bonchev–Trinajstić information content (AvgIpc) is 3.05. The summed E-state index contributed by atoms with van der Waals surface area (Å²) in [6, 6.07) is 17.0. The third-order valence-electron chi connectivity index (χ3n) is 5.44. The number of amides is 1. The lowest BCUT2D eigenvalue weighted by Gasteiger charge is -2.22. The Bertz CT molecular complexity index is 1270. The zero-order valence-corrected chi connectivity index (χ0v) is 19.8. The van der Waals surface area contributed by atoms with Crippen molar-refractivity contribution in [1.82, 2.24) is 9.97 Å². The fraction of sp³-hybridized carbons (Fsp3) is 0.192. The van der Waals surface area contributed by atoms with Crippen LogP contribution in [0.3, 0.4) is 0 Å². The highest BCUT2D eigenvalue weighted by molar-refractivity contribution is 7.16. The molecule has 0 spiro atoms. The van der Waals surface area contributed by atoms with Crippen LogP contribution in [0.4, 0.5) is 15.3 Å². The molecule has 0 aliphatic carbocycles. The maximum Gasteiger partial charge on any atom is 0.256 e. The molecule has 0 radical (unpaired) electrons. The molecule has 1 amide bonds. The highest BCUT2D eigenvalue weighted by Gasteiger charge is 2.26. The van der Waals surface area contributed by atoms with Gasteiger partial charge in [0.1, 0.15) is 10.8 Å². The molecule has 0 aliphatic rings. The van der Waals surface area contributed by atoms with E-state index in [1.807, 2.05) is 52.0 Å². The number of carbonyl (C=O) groups excluding carboxylic acids is 1. The first-order valence-electron chi connectivity index (χ1n) is 10.6. The van der Waals surface area contributed by atoms with Crippen molar-refractivity contribution in [3.63, 3.8) is 0 Å². The summed E-state index contributed by atoms with van der Waals surface area (Å²) in [7, 11) is 0. The van der Waals surface area contributed by atoms with E-state index in [0.717, 1.165) is 38.0 Å². The summed E-state index contributed by atoms with van der Waals surface area (Å²) < 4.78 is 13.7. The molecule has 168 valence electrons. The lowest BCUT2D eigenvalue weighted by molar-refractivity contribution is 0.102. The van der Waals surface area contributed by atoms with E-state index in [4.69, 9.17) is 0 Å². The topological polar surface area (TPSA) is 66.9 Å². The molecule has 5 nitrogen and oxygen atoms in total. The Morgan fingerprint density at radius 1 is 0.939 bits per heavy atom. The number of carbonyl (C=O) groups is 1. The minimum absolute atomic E-state index is 0.182. The number of thiophene rings is 1. The lowest BCUT2D eigenvalue weighted by atomic mass is 9.96. The Labute approximate surface area is 196 Å². The van der Waals surface area contributed by atoms with Gasteiger partial charge in [0.2, 0.25) is 5.95 Å². The molecule has 2 heterocycles. The van der Waals surface area contributed by atoms with Crippen LogP contribution in [0.2, 0.25) is 0 Å². The largest absolute Gasteiger partial charge is 0.343 e. The SMILES string of the molecule is Cc1cc(C)nc(N[C@@H](c2ccc(F)cc2)c2c(NC(=O)c3ccccc3)sc(C)c2C)n1. The van der Waals surface area contributed by atoms with E-state index in [-0.39, 0.29) is 17.8 Å². The zero-order chi connectivity index (χ0) is 23.5. The van der Waals surface area contributed by atoms with E-state index in [0.29, 0.717) is 11.5 Å². The van der Waals surface area contributed by atoms with Crippen LogP contribution < -0.4 is 10.6 Å². The third-order valence-corrected chi connectivity index (χ3v) is 6.58. The Hall–Kier alpha value is -3.58. The molecular weight excluding hydrogens is 435 g/mol. The monoisotopic (exact) mass is 460 g/mol. The summed E-state index contributed by atoms with van der Waals surface area (Å²) in [5, 5.41) is 7.26. The number of aryl methyl sites for hydroxylation is 3. The predicted octanol–water partition coefficient (Wildman–Crippen LogP) is 6.36. The van der Waals surface area contributed by atoms with Crippen LogP contribution in [0.25, 0.3) is 0 Å². The van der Waals surface area contributed by atoms with E-state index >= 15 is 0 Å². The van der Waals surface area contributed by atoms with Crippen LogP contribution in [-0.2, 0) is 0 Å². The maximum atomic E-state index is 13.7. The van der Waals surface area contributed by atoms with Crippen LogP contribution >= 0.6 is 11.3 Å². The summed E-state index contributed by atoms with van der Waals surface area (Å²) >= 11 is 1.52. The van der Waals surface area contributed by atoms with Crippen molar-refractivity contribution in [3.05, 3.63) is 105 Å². The standard InChI is InChI=1S/C26H25FN4OS/c1-15-14-16(2)29-26(28-15)30-23(19-10-12-21(27)13-11-19)22-17(3)18(4)33-25(22)31-24(32)20-8-6-5-7-9-20/h5-14,23H,1-4H3,(H,31,32)(H,28,29,30)/t23-/m0/s1. The molecule has 33 heavy (non-hydrogen) atoms. The number of hydrogen-bond acceptors (Lipinski definition) is 5. The van der Waals surface area contributed by atoms with Gasteiger partial charge in [0.25, 0.3) is 5.91 Å². The molecule has 0 fully saturated rings. The first-order valence-corrected chi connectivity index (χ1v) is 11.4. The second kappa shape index (κ2) is 9.50. The number of anilines is 2. The number of rotatable bonds is 6. The molecule has 0 saturated heterocycles. The van der Waals surface area contributed by atoms with Crippen molar-refractivity contribution in [2.45, 2.75) is 33.7 Å². The van der Waals surface area contributed by atoms with Gasteiger partial charge < -0.3 is 10.6 Å². The molecule has 0 aliphatic heterocycles. The van der Waals surface area contributed by atoms with Crippen LogP contribution in [-0.4, -0.2) is 15.9 Å². The van der Waals surface area contributed by atoms with E-state index in [1.54, 1.807) is 24.3 Å². The van der Waals surface area contributed by atoms with Crippen LogP contribution in [0.5, 0.6) is 0 Å². The Morgan fingerprint density at radius 3 is 2.21 bits per heavy atom. The molecule has 4 rings (SSSR count). The van der Waals surface area contributed by atoms with E-state index in [2.05, 4.69) is 20.6 Å². The molecule has 0 bridgehead atoms. The molecule has 2 aromatic heterocycles. The Morgan fingerprint density at radius 2 is 1.58 bits per heavy atom. The van der Waals surface area contributed by atoms with Gasteiger partial charge in [-0.25, -0.2) is 14.4 Å². The first kappa shape index (κ1) is 22.6. The molecule has 0 saturated carbocycles. The lowest BCUT2D eigenvalue weighted by Crippen LogP contribution is -2.19. The number of aromatic nitrogens is 2. The fourth-order valence-electron chi connectivity index (χ4n) is 3.75. The quantitative estimate of drug-likeness (QED) is 0.351. The van der Waals surface area contributed by atoms with E-state index in [1.165, 1.54) is 23.5 Å². The van der Waals surface area contributed by atoms with Crippen molar-refractivity contribution in [1.29, 1.82) is 0 Å². The third kappa shape index (κ3) is 5.09. The maximum absolute atomic E-state index is 13.7. The second-order valence-electron chi connectivity index (χ2n) is 7.95. The summed E-state index contributed by atoms with van der Waals surface area (Å²) in [6.45, 7) is 7.88. The molecule has 4 aromatic rings. The highest BCUT2D eigenvalue weighted by Crippen LogP contribution is 2.41. The number of hydrogen-bond donors (Lipinski definition) is 2. The average molecular weight is 461 g/mol. The first-order chi connectivity index (χ1) is 15.8. The summed E-state index contributed by atoms with van der Waals surface area (Å²) in [6.07, 6.45) is 0. The molecule has 2 N–H and O–H groups in total. The van der Waals surface area contributed by atoms with E-state index in [9.17, 15) is 9.18 Å². The smallest absolute Gasteiger partial charge is 0.256 e. The minimum atomic E-state index is -0.386. The molecule has 1 atom stereocenters. The number of halogens is 1. The van der Waals surface area contributed by atoms with Crippen LogP contribution in [0.1, 0.15) is 49.4 Å². The Balaban J connectivity index is 1.79. The summed E-state index contributed by atoms with van der Waals surface area (Å²) in [5.41, 5.74) is 5.08. The minimum Gasteiger partial charge on any atom is -0.343 e. The van der Waals surface area contributed by atoms with Gasteiger partial charge in [-0.15, -0.1) is 11.3 Å². The summed E-state index contributed by atoms with van der Waals surface area (Å²) in [5.74, 6) is -0.0139. The molecular formula is C26H25FN4OS. The van der Waals surface area contributed by atoms with Gasteiger partial charge in [0.05, 0.1) is 6.04 Å². The summed E-state index contributed by atoms with van der Waals surface area (Å²) in [4.78, 5) is 23.1. The van der Waals surface area contributed by atoms with Gasteiger partial charge >= 0.3 is 0 Å². The zero-order valence-electron chi connectivity index (χ0n) is 18.9. The predicted molar refractivity (Wildman–Crippen MR) is 132 cm³/mol. The van der Waals surface area contributed by atoms with Gasteiger partial charge in [-0.3, -0.25) is 4.79 Å². The van der Waals surface area contributed by atoms with Gasteiger partial charge in [0, 0.05) is 27.4 Å². The van der Waals surface area contributed by atoms with Crippen molar-refractivity contribution >= 4 is 28.2 Å². The van der Waals surface area contributed by atoms with Crippen molar-refractivity contribution in [2.24, 2.45) is 0 Å². The van der Waals surface area contributed by atoms with Gasteiger partial charge in [-0.1, -0.05) is 30.3 Å². The molecule has 7 heteroatoms. The van der Waals surface area contributed by atoms with Crippen LogP contribution in [0.15, 0.2) is 60.7 Å². The second-order valence-corrected chi connectivity index (χ2v) is 9.17. The molecule has 0 unspecified atom stereocenters. The van der Waals surface area contributed by atoms with Crippen molar-refractivity contribution < 1.29 is 9.18 Å². The normalized spacial score (nSPS) is 11.8. The molecule has 2 aromatic carbocycles. The number of nitrogens with one attached hydrogen (secondary N) is 2. The highest BCUT2D eigenvalue weighted by atomic mass is 32.1. The fourth-order valence-corrected chi connectivity index (χ4v) is 4.84. The number of nitrogens with zero attached hydrogens (tertiary/aromatic N) is 2. The van der Waals surface area contributed by atoms with Gasteiger partial charge in [-0.05, 0) is 69.2 Å². The van der Waals surface area contributed by atoms with Crippen molar-refractivity contribution in [3.8, 4) is 0 Å². The van der Waals surface area contributed by atoms with Gasteiger partial charge in [0.15, 0.2) is 0 Å². The number of benzene rings is 2. The Kier molecular flexibility index (Phi) is 6.51. The van der Waals surface area contributed by atoms with E-state index < -0.39 is 0 Å². The van der Waals surface area contributed by atoms with Gasteiger partial charge in [-0.2, -0.15) is 0 Å².